The Bertz CT molecular complexity index is 331. The van der Waals surface area contributed by atoms with E-state index < -0.39 is 0 Å². The molecule has 0 amide bonds. The molecule has 1 unspecified atom stereocenters. The van der Waals surface area contributed by atoms with Gasteiger partial charge in [-0.15, -0.1) is 0 Å². The zero-order valence-corrected chi connectivity index (χ0v) is 9.48. The number of hydrogen-bond donors (Lipinski definition) is 1. The van der Waals surface area contributed by atoms with Crippen molar-refractivity contribution < 1.29 is 0 Å². The molecule has 5 heteroatoms. The maximum Gasteiger partial charge on any atom is 0.152 e. The van der Waals surface area contributed by atoms with Crippen LogP contribution >= 0.6 is 0 Å². The molecule has 1 atom stereocenters. The van der Waals surface area contributed by atoms with Gasteiger partial charge in [0.1, 0.15) is 5.82 Å². The van der Waals surface area contributed by atoms with Gasteiger partial charge >= 0.3 is 0 Å². The van der Waals surface area contributed by atoms with Gasteiger partial charge in [-0.2, -0.15) is 5.10 Å². The number of nitrogens with two attached hydrogens (primary N) is 1. The summed E-state index contributed by atoms with van der Waals surface area (Å²) in [6, 6.07) is 0.251. The Labute approximate surface area is 90.3 Å². The topological polar surface area (TPSA) is 60.0 Å². The van der Waals surface area contributed by atoms with Crippen molar-refractivity contribution >= 4 is 0 Å². The highest BCUT2D eigenvalue weighted by Gasteiger charge is 2.18. The summed E-state index contributed by atoms with van der Waals surface area (Å²) < 4.78 is 1.97. The molecule has 84 valence electrons. The smallest absolute Gasteiger partial charge is 0.152 e. The molecule has 15 heavy (non-hydrogen) atoms. The zero-order chi connectivity index (χ0) is 10.8. The van der Waals surface area contributed by atoms with E-state index in [1.54, 1.807) is 0 Å². The zero-order valence-electron chi connectivity index (χ0n) is 9.48. The monoisotopic (exact) mass is 209 g/mol. The van der Waals surface area contributed by atoms with Gasteiger partial charge in [-0.3, -0.25) is 0 Å². The summed E-state index contributed by atoms with van der Waals surface area (Å²) in [6.07, 6.45) is 2.92. The number of fused-ring (bicyclic) bond motifs is 1. The minimum absolute atomic E-state index is 0.251. The molecule has 1 aromatic rings. The van der Waals surface area contributed by atoms with Crippen molar-refractivity contribution in [3.05, 3.63) is 11.6 Å². The lowest BCUT2D eigenvalue weighted by atomic mass is 10.1. The molecule has 1 aliphatic rings. The minimum Gasteiger partial charge on any atom is -0.326 e. The average molecular weight is 209 g/mol. The molecule has 1 aromatic heterocycles. The lowest BCUT2D eigenvalue weighted by Gasteiger charge is -2.17. The maximum atomic E-state index is 5.88. The molecule has 0 radical (unpaired) electrons. The Hall–Kier alpha value is -0.940. The number of aromatic nitrogens is 3. The summed E-state index contributed by atoms with van der Waals surface area (Å²) in [5, 5.41) is 4.47. The first-order valence-corrected chi connectivity index (χ1v) is 5.48. The molecule has 0 bridgehead atoms. The predicted molar refractivity (Wildman–Crippen MR) is 58.6 cm³/mol. The SMILES string of the molecule is CN(C)CCc1nc2n(n1)CC(N)CC2. The third-order valence-corrected chi connectivity index (χ3v) is 2.72. The van der Waals surface area contributed by atoms with Gasteiger partial charge in [0.05, 0.1) is 6.54 Å². The lowest BCUT2D eigenvalue weighted by molar-refractivity contribution is 0.404. The molecule has 0 aromatic carbocycles. The molecule has 0 fully saturated rings. The van der Waals surface area contributed by atoms with Crippen LogP contribution in [0, 0.1) is 0 Å². The van der Waals surface area contributed by atoms with Crippen molar-refractivity contribution in [2.24, 2.45) is 5.73 Å². The molecular weight excluding hydrogens is 190 g/mol. The van der Waals surface area contributed by atoms with Gasteiger partial charge in [0.2, 0.25) is 0 Å². The number of aryl methyl sites for hydroxylation is 1. The van der Waals surface area contributed by atoms with Gasteiger partial charge in [0, 0.05) is 25.4 Å². The van der Waals surface area contributed by atoms with Crippen molar-refractivity contribution in [2.45, 2.75) is 31.8 Å². The standard InChI is InChI=1S/C10H19N5/c1-14(2)6-5-9-12-10-4-3-8(11)7-15(10)13-9/h8H,3-7,11H2,1-2H3. The van der Waals surface area contributed by atoms with E-state index in [1.807, 2.05) is 4.68 Å². The van der Waals surface area contributed by atoms with Crippen LogP contribution in [0.25, 0.3) is 0 Å². The quantitative estimate of drug-likeness (QED) is 0.739. The first-order chi connectivity index (χ1) is 7.15. The van der Waals surface area contributed by atoms with Crippen LogP contribution in [0.15, 0.2) is 0 Å². The van der Waals surface area contributed by atoms with Crippen molar-refractivity contribution in [3.8, 4) is 0 Å². The Morgan fingerprint density at radius 3 is 3.07 bits per heavy atom. The summed E-state index contributed by atoms with van der Waals surface area (Å²) in [5.41, 5.74) is 5.88. The van der Waals surface area contributed by atoms with Crippen LogP contribution in [0.2, 0.25) is 0 Å². The molecule has 2 heterocycles. The third-order valence-electron chi connectivity index (χ3n) is 2.72. The van der Waals surface area contributed by atoms with Gasteiger partial charge in [-0.05, 0) is 20.5 Å². The van der Waals surface area contributed by atoms with E-state index in [9.17, 15) is 0 Å². The van der Waals surface area contributed by atoms with Crippen molar-refractivity contribution in [2.75, 3.05) is 20.6 Å². The van der Waals surface area contributed by atoms with E-state index in [4.69, 9.17) is 5.73 Å². The first kappa shape index (κ1) is 10.6. The summed E-state index contributed by atoms with van der Waals surface area (Å²) >= 11 is 0. The fourth-order valence-electron chi connectivity index (χ4n) is 1.81. The van der Waals surface area contributed by atoms with Crippen LogP contribution in [-0.4, -0.2) is 46.3 Å². The van der Waals surface area contributed by atoms with Crippen LogP contribution in [-0.2, 0) is 19.4 Å². The Morgan fingerprint density at radius 1 is 1.53 bits per heavy atom. The second kappa shape index (κ2) is 4.28. The normalized spacial score (nSPS) is 20.7. The molecule has 5 nitrogen and oxygen atoms in total. The van der Waals surface area contributed by atoms with E-state index in [2.05, 4.69) is 29.1 Å². The molecule has 0 saturated carbocycles. The Morgan fingerprint density at radius 2 is 2.33 bits per heavy atom. The lowest BCUT2D eigenvalue weighted by Crippen LogP contribution is -2.32. The highest BCUT2D eigenvalue weighted by Crippen LogP contribution is 2.11. The third kappa shape index (κ3) is 2.54. The van der Waals surface area contributed by atoms with Crippen molar-refractivity contribution in [1.29, 1.82) is 0 Å². The van der Waals surface area contributed by atoms with Crippen molar-refractivity contribution in [3.63, 3.8) is 0 Å². The van der Waals surface area contributed by atoms with E-state index in [-0.39, 0.29) is 6.04 Å². The molecule has 0 spiro atoms. The number of rotatable bonds is 3. The van der Waals surface area contributed by atoms with Crippen LogP contribution in [0.3, 0.4) is 0 Å². The number of nitrogens with zero attached hydrogens (tertiary/aromatic N) is 4. The van der Waals surface area contributed by atoms with E-state index >= 15 is 0 Å². The highest BCUT2D eigenvalue weighted by molar-refractivity contribution is 4.98. The first-order valence-electron chi connectivity index (χ1n) is 5.48. The Kier molecular flexibility index (Phi) is 3.02. The summed E-state index contributed by atoms with van der Waals surface area (Å²) in [7, 11) is 4.12. The van der Waals surface area contributed by atoms with Crippen LogP contribution in [0.5, 0.6) is 0 Å². The Balaban J connectivity index is 2.03. The van der Waals surface area contributed by atoms with Gasteiger partial charge in [0.15, 0.2) is 5.82 Å². The van der Waals surface area contributed by atoms with Crippen molar-refractivity contribution in [1.82, 2.24) is 19.7 Å². The fourth-order valence-corrected chi connectivity index (χ4v) is 1.81. The van der Waals surface area contributed by atoms with E-state index in [0.717, 1.165) is 44.0 Å². The second-order valence-corrected chi connectivity index (χ2v) is 4.48. The molecular formula is C10H19N5. The van der Waals surface area contributed by atoms with Gasteiger partial charge in [-0.25, -0.2) is 9.67 Å². The molecule has 0 aliphatic carbocycles. The van der Waals surface area contributed by atoms with Gasteiger partial charge < -0.3 is 10.6 Å². The predicted octanol–water partition coefficient (Wildman–Crippen LogP) is -0.344. The van der Waals surface area contributed by atoms with Crippen LogP contribution in [0.4, 0.5) is 0 Å². The number of likely N-dealkylation sites (N-methyl/N-ethyl adjacent to an activating group) is 1. The summed E-state index contributed by atoms with van der Waals surface area (Å²) in [4.78, 5) is 6.67. The second-order valence-electron chi connectivity index (χ2n) is 4.48. The fraction of sp³-hybridized carbons (Fsp3) is 0.800. The largest absolute Gasteiger partial charge is 0.326 e. The molecule has 2 N–H and O–H groups in total. The summed E-state index contributed by atoms with van der Waals surface area (Å²) in [5.74, 6) is 2.05. The maximum absolute atomic E-state index is 5.88. The minimum atomic E-state index is 0.251. The molecule has 2 rings (SSSR count). The highest BCUT2D eigenvalue weighted by atomic mass is 15.4. The molecule has 1 aliphatic heterocycles. The number of hydrogen-bond acceptors (Lipinski definition) is 4. The van der Waals surface area contributed by atoms with E-state index in [0.29, 0.717) is 0 Å². The van der Waals surface area contributed by atoms with Gasteiger partial charge in [-0.1, -0.05) is 0 Å². The van der Waals surface area contributed by atoms with Crippen LogP contribution < -0.4 is 5.73 Å². The van der Waals surface area contributed by atoms with E-state index in [1.165, 1.54) is 0 Å². The van der Waals surface area contributed by atoms with Gasteiger partial charge in [0.25, 0.3) is 0 Å². The summed E-state index contributed by atoms with van der Waals surface area (Å²) in [6.45, 7) is 1.82. The molecule has 0 saturated heterocycles. The average Bonchev–Trinajstić information content (AvgIpc) is 2.56. The van der Waals surface area contributed by atoms with Crippen LogP contribution in [0.1, 0.15) is 18.1 Å².